The molecule has 1 fully saturated rings. The van der Waals surface area contributed by atoms with E-state index in [2.05, 4.69) is 15.1 Å². The van der Waals surface area contributed by atoms with E-state index in [1.165, 1.54) is 0 Å². The first kappa shape index (κ1) is 17.8. The number of rotatable bonds is 4. The molecular weight excluding hydrogens is 364 g/mol. The summed E-state index contributed by atoms with van der Waals surface area (Å²) in [5, 5.41) is 3.95. The summed E-state index contributed by atoms with van der Waals surface area (Å²) in [7, 11) is -3.58. The van der Waals surface area contributed by atoms with Gasteiger partial charge in [-0.25, -0.2) is 18.4 Å². The zero-order valence-electron chi connectivity index (χ0n) is 15.2. The van der Waals surface area contributed by atoms with Crippen molar-refractivity contribution < 1.29 is 12.9 Å². The molecule has 0 saturated carbocycles. The molecule has 0 aliphatic carbocycles. The van der Waals surface area contributed by atoms with E-state index < -0.39 is 10.0 Å². The molecule has 0 amide bonds. The number of aryl methyl sites for hydroxylation is 2. The second kappa shape index (κ2) is 6.86. The third-order valence-corrected chi connectivity index (χ3v) is 6.75. The minimum Gasteiger partial charge on any atom is -0.361 e. The lowest BCUT2D eigenvalue weighted by Crippen LogP contribution is -2.31. The van der Waals surface area contributed by atoms with E-state index in [1.807, 2.05) is 13.8 Å². The van der Waals surface area contributed by atoms with Gasteiger partial charge in [-0.3, -0.25) is 0 Å². The van der Waals surface area contributed by atoms with Crippen LogP contribution in [0.15, 0.2) is 52.0 Å². The number of aromatic nitrogens is 3. The average molecular weight is 384 g/mol. The van der Waals surface area contributed by atoms with Crippen molar-refractivity contribution in [1.29, 1.82) is 0 Å². The molecule has 1 atom stereocenters. The van der Waals surface area contributed by atoms with E-state index in [1.54, 1.807) is 46.9 Å². The smallest absolute Gasteiger partial charge is 0.243 e. The van der Waals surface area contributed by atoms with Crippen molar-refractivity contribution in [3.63, 3.8) is 0 Å². The first-order valence-corrected chi connectivity index (χ1v) is 10.3. The van der Waals surface area contributed by atoms with Crippen molar-refractivity contribution in [2.75, 3.05) is 6.54 Å². The van der Waals surface area contributed by atoms with Crippen LogP contribution in [0.3, 0.4) is 0 Å². The quantitative estimate of drug-likeness (QED) is 0.686. The van der Waals surface area contributed by atoms with Gasteiger partial charge in [0.2, 0.25) is 10.0 Å². The van der Waals surface area contributed by atoms with Crippen LogP contribution in [-0.4, -0.2) is 34.4 Å². The highest BCUT2D eigenvalue weighted by Crippen LogP contribution is 2.36. The summed E-state index contributed by atoms with van der Waals surface area (Å²) in [4.78, 5) is 9.30. The van der Waals surface area contributed by atoms with Crippen molar-refractivity contribution in [2.24, 2.45) is 0 Å². The average Bonchev–Trinajstić information content (AvgIpc) is 3.30. The van der Waals surface area contributed by atoms with Crippen LogP contribution < -0.4 is 0 Å². The standard InChI is InChI=1S/C19H20N4O3S/c1-13-18(14(2)26-22-13)19-20-11-10-16(21-19)17-9-6-12-23(17)27(24,25)15-7-4-3-5-8-15/h3-5,7-8,10-11,17H,6,9,12H2,1-2H3. The molecule has 0 N–H and O–H groups in total. The van der Waals surface area contributed by atoms with E-state index >= 15 is 0 Å². The Bertz CT molecular complexity index is 1040. The molecule has 2 aromatic heterocycles. The summed E-state index contributed by atoms with van der Waals surface area (Å²) >= 11 is 0. The highest BCUT2D eigenvalue weighted by atomic mass is 32.2. The maximum atomic E-state index is 13.1. The maximum Gasteiger partial charge on any atom is 0.243 e. The van der Waals surface area contributed by atoms with E-state index in [4.69, 9.17) is 4.52 Å². The first-order valence-electron chi connectivity index (χ1n) is 8.81. The summed E-state index contributed by atoms with van der Waals surface area (Å²) in [5.74, 6) is 1.15. The lowest BCUT2D eigenvalue weighted by atomic mass is 10.1. The van der Waals surface area contributed by atoms with Gasteiger partial charge in [0.1, 0.15) is 5.76 Å². The summed E-state index contributed by atoms with van der Waals surface area (Å²) in [6, 6.07) is 10.00. The Morgan fingerprint density at radius 3 is 2.63 bits per heavy atom. The molecule has 1 saturated heterocycles. The fraction of sp³-hybridized carbons (Fsp3) is 0.316. The summed E-state index contributed by atoms with van der Waals surface area (Å²) in [6.45, 7) is 4.13. The van der Waals surface area contributed by atoms with Gasteiger partial charge in [-0.05, 0) is 44.9 Å². The van der Waals surface area contributed by atoms with Crippen molar-refractivity contribution in [1.82, 2.24) is 19.4 Å². The third-order valence-electron chi connectivity index (χ3n) is 4.83. The van der Waals surface area contributed by atoms with E-state index in [-0.39, 0.29) is 6.04 Å². The molecule has 0 radical (unpaired) electrons. The van der Waals surface area contributed by atoms with E-state index in [0.717, 1.165) is 18.4 Å². The summed E-state index contributed by atoms with van der Waals surface area (Å²) in [5.41, 5.74) is 2.16. The van der Waals surface area contributed by atoms with Crippen molar-refractivity contribution >= 4 is 10.0 Å². The topological polar surface area (TPSA) is 89.2 Å². The molecule has 0 bridgehead atoms. The van der Waals surface area contributed by atoms with Gasteiger partial charge in [0.15, 0.2) is 5.82 Å². The molecule has 4 rings (SSSR count). The van der Waals surface area contributed by atoms with E-state index in [0.29, 0.717) is 34.4 Å². The minimum atomic E-state index is -3.58. The second-order valence-electron chi connectivity index (χ2n) is 6.59. The SMILES string of the molecule is Cc1noc(C)c1-c1nccc(C2CCCN2S(=O)(=O)c2ccccc2)n1. The minimum absolute atomic E-state index is 0.303. The van der Waals surface area contributed by atoms with Crippen LogP contribution in [0, 0.1) is 13.8 Å². The van der Waals surface area contributed by atoms with Gasteiger partial charge in [-0.15, -0.1) is 0 Å². The van der Waals surface area contributed by atoms with Gasteiger partial charge in [0.05, 0.1) is 27.9 Å². The molecule has 3 heterocycles. The predicted octanol–water partition coefficient (Wildman–Crippen LogP) is 3.27. The zero-order chi connectivity index (χ0) is 19.0. The second-order valence-corrected chi connectivity index (χ2v) is 8.48. The Kier molecular flexibility index (Phi) is 4.53. The monoisotopic (exact) mass is 384 g/mol. The van der Waals surface area contributed by atoms with E-state index in [9.17, 15) is 8.42 Å². The van der Waals surface area contributed by atoms with Gasteiger partial charge >= 0.3 is 0 Å². The molecule has 140 valence electrons. The molecule has 0 spiro atoms. The van der Waals surface area contributed by atoms with Gasteiger partial charge in [0.25, 0.3) is 0 Å². The van der Waals surface area contributed by atoms with Gasteiger partial charge in [0, 0.05) is 12.7 Å². The normalized spacial score (nSPS) is 18.1. The number of benzene rings is 1. The molecule has 3 aromatic rings. The highest BCUT2D eigenvalue weighted by Gasteiger charge is 2.37. The van der Waals surface area contributed by atoms with Gasteiger partial charge in [-0.2, -0.15) is 4.31 Å². The first-order chi connectivity index (χ1) is 13.0. The van der Waals surface area contributed by atoms with Crippen LogP contribution in [0.25, 0.3) is 11.4 Å². The Balaban J connectivity index is 1.72. The van der Waals surface area contributed by atoms with Crippen LogP contribution in [0.1, 0.15) is 36.0 Å². The third kappa shape index (κ3) is 3.15. The van der Waals surface area contributed by atoms with Crippen molar-refractivity contribution in [3.05, 3.63) is 59.7 Å². The van der Waals surface area contributed by atoms with Crippen LogP contribution in [0.2, 0.25) is 0 Å². The lowest BCUT2D eigenvalue weighted by molar-refractivity contribution is 0.390. The predicted molar refractivity (Wildman–Crippen MR) is 99.3 cm³/mol. The molecule has 1 aliphatic rings. The molecule has 8 heteroatoms. The van der Waals surface area contributed by atoms with Gasteiger partial charge in [-0.1, -0.05) is 23.4 Å². The summed E-state index contributed by atoms with van der Waals surface area (Å²) in [6.07, 6.45) is 3.18. The van der Waals surface area contributed by atoms with Crippen LogP contribution >= 0.6 is 0 Å². The molecular formula is C19H20N4O3S. The molecule has 1 aliphatic heterocycles. The van der Waals surface area contributed by atoms with Crippen molar-refractivity contribution in [3.8, 4) is 11.4 Å². The molecule has 27 heavy (non-hydrogen) atoms. The Hall–Kier alpha value is -2.58. The van der Waals surface area contributed by atoms with Crippen molar-refractivity contribution in [2.45, 2.75) is 37.6 Å². The zero-order valence-corrected chi connectivity index (χ0v) is 16.0. The Morgan fingerprint density at radius 1 is 1.15 bits per heavy atom. The largest absolute Gasteiger partial charge is 0.361 e. The highest BCUT2D eigenvalue weighted by molar-refractivity contribution is 7.89. The number of sulfonamides is 1. The fourth-order valence-electron chi connectivity index (χ4n) is 3.53. The number of nitrogens with zero attached hydrogens (tertiary/aromatic N) is 4. The lowest BCUT2D eigenvalue weighted by Gasteiger charge is -2.24. The van der Waals surface area contributed by atoms with Crippen LogP contribution in [-0.2, 0) is 10.0 Å². The number of hydrogen-bond donors (Lipinski definition) is 0. The molecule has 1 aromatic carbocycles. The van der Waals surface area contributed by atoms with Crippen LogP contribution in [0.4, 0.5) is 0 Å². The number of hydrogen-bond acceptors (Lipinski definition) is 6. The van der Waals surface area contributed by atoms with Crippen LogP contribution in [0.5, 0.6) is 0 Å². The maximum absolute atomic E-state index is 13.1. The molecule has 7 nitrogen and oxygen atoms in total. The fourth-order valence-corrected chi connectivity index (χ4v) is 5.22. The van der Waals surface area contributed by atoms with Gasteiger partial charge < -0.3 is 4.52 Å². The summed E-state index contributed by atoms with van der Waals surface area (Å²) < 4.78 is 33.0. The Labute approximate surface area is 158 Å². The Morgan fingerprint density at radius 2 is 1.93 bits per heavy atom. The molecule has 1 unspecified atom stereocenters.